The molecule has 1 atom stereocenters. The van der Waals surface area contributed by atoms with E-state index in [1.54, 1.807) is 18.2 Å². The third-order valence-corrected chi connectivity index (χ3v) is 4.56. The summed E-state index contributed by atoms with van der Waals surface area (Å²) in [5.74, 6) is -1.59. The zero-order chi connectivity index (χ0) is 19.6. The normalized spacial score (nSPS) is 16.3. The maximum Gasteiger partial charge on any atom is 0.335 e. The number of carbonyl (C=O) groups excluding carboxylic acids is 2. The van der Waals surface area contributed by atoms with Crippen LogP contribution in [0.3, 0.4) is 0 Å². The van der Waals surface area contributed by atoms with Crippen molar-refractivity contribution in [1.29, 1.82) is 0 Å². The zero-order valence-electron chi connectivity index (χ0n) is 14.4. The van der Waals surface area contributed by atoms with Gasteiger partial charge in [0.25, 0.3) is 0 Å². The number of aromatic carboxylic acids is 1. The maximum atomic E-state index is 12.5. The van der Waals surface area contributed by atoms with Crippen LogP contribution in [0.1, 0.15) is 16.8 Å². The minimum Gasteiger partial charge on any atom is -0.495 e. The Balaban J connectivity index is 1.72. The van der Waals surface area contributed by atoms with Crippen molar-refractivity contribution in [3.05, 3.63) is 53.1 Å². The molecule has 0 unspecified atom stereocenters. The second kappa shape index (κ2) is 7.67. The summed E-state index contributed by atoms with van der Waals surface area (Å²) >= 11 is 6.03. The van der Waals surface area contributed by atoms with E-state index in [1.807, 2.05) is 0 Å². The fourth-order valence-corrected chi connectivity index (χ4v) is 3.10. The number of nitrogens with one attached hydrogen (secondary N) is 1. The fraction of sp³-hybridized carbons (Fsp3) is 0.211. The van der Waals surface area contributed by atoms with Gasteiger partial charge in [-0.05, 0) is 42.5 Å². The second-order valence-electron chi connectivity index (χ2n) is 6.09. The van der Waals surface area contributed by atoms with Crippen molar-refractivity contribution in [3.63, 3.8) is 0 Å². The molecule has 3 rings (SSSR count). The van der Waals surface area contributed by atoms with Crippen LogP contribution in [0.2, 0.25) is 5.02 Å². The van der Waals surface area contributed by atoms with E-state index in [4.69, 9.17) is 21.4 Å². The molecule has 2 aromatic rings. The number of halogens is 1. The standard InChI is InChI=1S/C19H17ClN2O5/c1-27-16-7-4-13(20)9-15(16)22-10-12(8-17(22)23)18(24)21-14-5-2-11(3-6-14)19(25)26/h2-7,9,12H,8,10H2,1H3,(H,21,24)(H,25,26)/t12-/m0/s1. The smallest absolute Gasteiger partial charge is 0.335 e. The van der Waals surface area contributed by atoms with Crippen molar-refractivity contribution in [3.8, 4) is 5.75 Å². The van der Waals surface area contributed by atoms with E-state index in [0.29, 0.717) is 22.1 Å². The molecule has 7 nitrogen and oxygen atoms in total. The first-order valence-corrected chi connectivity index (χ1v) is 8.55. The fourth-order valence-electron chi connectivity index (χ4n) is 2.93. The van der Waals surface area contributed by atoms with Crippen LogP contribution in [-0.2, 0) is 9.59 Å². The summed E-state index contributed by atoms with van der Waals surface area (Å²) < 4.78 is 5.28. The molecule has 1 aliphatic heterocycles. The Bertz CT molecular complexity index is 897. The minimum atomic E-state index is -1.04. The highest BCUT2D eigenvalue weighted by atomic mass is 35.5. The number of amides is 2. The number of benzene rings is 2. The van der Waals surface area contributed by atoms with Gasteiger partial charge >= 0.3 is 5.97 Å². The van der Waals surface area contributed by atoms with Crippen molar-refractivity contribution in [2.75, 3.05) is 23.9 Å². The lowest BCUT2D eigenvalue weighted by Gasteiger charge is -2.20. The van der Waals surface area contributed by atoms with Gasteiger partial charge in [0.1, 0.15) is 5.75 Å². The van der Waals surface area contributed by atoms with E-state index < -0.39 is 11.9 Å². The summed E-state index contributed by atoms with van der Waals surface area (Å²) in [5.41, 5.74) is 1.12. The van der Waals surface area contributed by atoms with E-state index in [0.717, 1.165) is 0 Å². The topological polar surface area (TPSA) is 95.9 Å². The average Bonchev–Trinajstić information content (AvgIpc) is 3.04. The van der Waals surface area contributed by atoms with Crippen molar-refractivity contribution >= 4 is 40.8 Å². The maximum absolute atomic E-state index is 12.5. The van der Waals surface area contributed by atoms with Crippen molar-refractivity contribution < 1.29 is 24.2 Å². The third-order valence-electron chi connectivity index (χ3n) is 4.33. The van der Waals surface area contributed by atoms with Crippen LogP contribution >= 0.6 is 11.6 Å². The quantitative estimate of drug-likeness (QED) is 0.820. The van der Waals surface area contributed by atoms with Crippen LogP contribution in [0.15, 0.2) is 42.5 Å². The van der Waals surface area contributed by atoms with Crippen LogP contribution < -0.4 is 15.0 Å². The summed E-state index contributed by atoms with van der Waals surface area (Å²) in [6.45, 7) is 0.203. The number of carboxylic acid groups (broad SMARTS) is 1. The number of hydrogen-bond acceptors (Lipinski definition) is 4. The lowest BCUT2D eigenvalue weighted by Crippen LogP contribution is -2.28. The van der Waals surface area contributed by atoms with E-state index in [2.05, 4.69) is 5.32 Å². The molecule has 1 heterocycles. The molecule has 0 bridgehead atoms. The molecular formula is C19H17ClN2O5. The number of nitrogens with zero attached hydrogens (tertiary/aromatic N) is 1. The van der Waals surface area contributed by atoms with Crippen LogP contribution in [-0.4, -0.2) is 36.5 Å². The SMILES string of the molecule is COc1ccc(Cl)cc1N1C[C@@H](C(=O)Nc2ccc(C(=O)O)cc2)CC1=O. The molecule has 0 saturated carbocycles. The largest absolute Gasteiger partial charge is 0.495 e. The molecule has 2 aromatic carbocycles. The summed E-state index contributed by atoms with van der Waals surface area (Å²) in [6.07, 6.45) is 0.0642. The Hall–Kier alpha value is -3.06. The molecule has 8 heteroatoms. The van der Waals surface area contributed by atoms with Crippen LogP contribution in [0.25, 0.3) is 0 Å². The van der Waals surface area contributed by atoms with Gasteiger partial charge in [-0.1, -0.05) is 11.6 Å². The molecule has 27 heavy (non-hydrogen) atoms. The number of anilines is 2. The molecule has 0 radical (unpaired) electrons. The number of rotatable bonds is 5. The highest BCUT2D eigenvalue weighted by Crippen LogP contribution is 2.35. The Morgan fingerprint density at radius 2 is 1.93 bits per heavy atom. The van der Waals surface area contributed by atoms with Gasteiger partial charge in [-0.2, -0.15) is 0 Å². The van der Waals surface area contributed by atoms with Crippen LogP contribution in [0.4, 0.5) is 11.4 Å². The molecule has 1 fully saturated rings. The van der Waals surface area contributed by atoms with E-state index in [9.17, 15) is 14.4 Å². The zero-order valence-corrected chi connectivity index (χ0v) is 15.2. The van der Waals surface area contributed by atoms with E-state index >= 15 is 0 Å². The molecule has 1 aliphatic rings. The molecule has 0 aromatic heterocycles. The Morgan fingerprint density at radius 1 is 1.22 bits per heavy atom. The van der Waals surface area contributed by atoms with E-state index in [1.165, 1.54) is 36.3 Å². The molecule has 2 amide bonds. The Kier molecular flexibility index (Phi) is 5.32. The van der Waals surface area contributed by atoms with Gasteiger partial charge in [0, 0.05) is 23.7 Å². The minimum absolute atomic E-state index is 0.0642. The lowest BCUT2D eigenvalue weighted by molar-refractivity contribution is -0.122. The summed E-state index contributed by atoms with van der Waals surface area (Å²) in [4.78, 5) is 37.3. The highest BCUT2D eigenvalue weighted by molar-refractivity contribution is 6.31. The molecular weight excluding hydrogens is 372 g/mol. The lowest BCUT2D eigenvalue weighted by atomic mass is 10.1. The second-order valence-corrected chi connectivity index (χ2v) is 6.53. The number of carboxylic acids is 1. The predicted octanol–water partition coefficient (Wildman–Crippen LogP) is 3.04. The van der Waals surface area contributed by atoms with Gasteiger partial charge in [-0.3, -0.25) is 9.59 Å². The number of hydrogen-bond donors (Lipinski definition) is 2. The summed E-state index contributed by atoms with van der Waals surface area (Å²) in [7, 11) is 1.50. The first kappa shape index (κ1) is 18.7. The molecule has 140 valence electrons. The summed E-state index contributed by atoms with van der Waals surface area (Å²) in [6, 6.07) is 10.8. The Labute approximate surface area is 160 Å². The molecule has 0 aliphatic carbocycles. The molecule has 1 saturated heterocycles. The highest BCUT2D eigenvalue weighted by Gasteiger charge is 2.36. The third kappa shape index (κ3) is 4.03. The first-order chi connectivity index (χ1) is 12.9. The van der Waals surface area contributed by atoms with Crippen molar-refractivity contribution in [2.24, 2.45) is 5.92 Å². The van der Waals surface area contributed by atoms with Crippen molar-refractivity contribution in [2.45, 2.75) is 6.42 Å². The van der Waals surface area contributed by atoms with Crippen LogP contribution in [0.5, 0.6) is 5.75 Å². The van der Waals surface area contributed by atoms with E-state index in [-0.39, 0.29) is 30.3 Å². The van der Waals surface area contributed by atoms with Gasteiger partial charge in [0.05, 0.1) is 24.3 Å². The van der Waals surface area contributed by atoms with Crippen molar-refractivity contribution in [1.82, 2.24) is 0 Å². The predicted molar refractivity (Wildman–Crippen MR) is 100 cm³/mol. The van der Waals surface area contributed by atoms with Crippen LogP contribution in [0, 0.1) is 5.92 Å². The van der Waals surface area contributed by atoms with Gasteiger partial charge in [-0.15, -0.1) is 0 Å². The molecule has 2 N–H and O–H groups in total. The van der Waals surface area contributed by atoms with Gasteiger partial charge in [0.15, 0.2) is 0 Å². The monoisotopic (exact) mass is 388 g/mol. The van der Waals surface area contributed by atoms with Gasteiger partial charge in [-0.25, -0.2) is 4.79 Å². The Morgan fingerprint density at radius 3 is 2.56 bits per heavy atom. The number of methoxy groups -OCH3 is 1. The molecule has 0 spiro atoms. The number of ether oxygens (including phenoxy) is 1. The summed E-state index contributed by atoms with van der Waals surface area (Å²) in [5, 5.41) is 12.1. The average molecular weight is 389 g/mol. The van der Waals surface area contributed by atoms with Gasteiger partial charge < -0.3 is 20.1 Å². The number of carbonyl (C=O) groups is 3. The first-order valence-electron chi connectivity index (χ1n) is 8.17. The van der Waals surface area contributed by atoms with Gasteiger partial charge in [0.2, 0.25) is 11.8 Å².